The van der Waals surface area contributed by atoms with Crippen LogP contribution >= 0.6 is 11.8 Å². The average Bonchev–Trinajstić information content (AvgIpc) is 3.24. The average molecular weight is 363 g/mol. The van der Waals surface area contributed by atoms with Gasteiger partial charge in [-0.15, -0.1) is 0 Å². The second kappa shape index (κ2) is 6.71. The number of hydrogen-bond donors (Lipinski definition) is 0. The number of fused-ring (bicyclic) bond motifs is 2. The van der Waals surface area contributed by atoms with Crippen molar-refractivity contribution in [2.45, 2.75) is 70.0 Å². The number of rotatable bonds is 4. The van der Waals surface area contributed by atoms with Crippen molar-refractivity contribution in [2.24, 2.45) is 28.7 Å². The van der Waals surface area contributed by atoms with Gasteiger partial charge >= 0.3 is 0 Å². The van der Waals surface area contributed by atoms with Crippen molar-refractivity contribution in [3.05, 3.63) is 0 Å². The molecule has 0 aromatic rings. The first-order chi connectivity index (χ1) is 11.9. The van der Waals surface area contributed by atoms with Gasteiger partial charge in [-0.25, -0.2) is 4.99 Å². The van der Waals surface area contributed by atoms with E-state index in [4.69, 9.17) is 0 Å². The molecule has 0 spiro atoms. The fraction of sp³-hybridized carbons (Fsp3) is 0.850. The van der Waals surface area contributed by atoms with Crippen molar-refractivity contribution in [2.75, 3.05) is 13.1 Å². The molecule has 5 heteroatoms. The molecule has 4 nitrogen and oxygen atoms in total. The van der Waals surface area contributed by atoms with Crippen LogP contribution in [0.3, 0.4) is 0 Å². The summed E-state index contributed by atoms with van der Waals surface area (Å²) in [6, 6.07) is 0. The van der Waals surface area contributed by atoms with Gasteiger partial charge in [-0.1, -0.05) is 18.2 Å². The first-order valence-corrected chi connectivity index (χ1v) is 10.8. The summed E-state index contributed by atoms with van der Waals surface area (Å²) in [6.07, 6.45) is 9.59. The molecule has 2 aliphatic carbocycles. The summed E-state index contributed by atoms with van der Waals surface area (Å²) in [5.74, 6) is 3.42. The van der Waals surface area contributed by atoms with E-state index < -0.39 is 0 Å². The molecular weight excluding hydrogens is 332 g/mol. The number of nitrogens with zero attached hydrogens (tertiary/aromatic N) is 2. The van der Waals surface area contributed by atoms with Crippen molar-refractivity contribution >= 4 is 28.6 Å². The molecule has 1 saturated heterocycles. The zero-order valence-electron chi connectivity index (χ0n) is 15.5. The van der Waals surface area contributed by atoms with Crippen molar-refractivity contribution in [1.29, 1.82) is 0 Å². The van der Waals surface area contributed by atoms with E-state index in [2.05, 4.69) is 11.9 Å². The van der Waals surface area contributed by atoms with Crippen LogP contribution < -0.4 is 0 Å². The summed E-state index contributed by atoms with van der Waals surface area (Å²) >= 11 is 1.76. The van der Waals surface area contributed by atoms with Gasteiger partial charge in [0.25, 0.3) is 5.91 Å². The van der Waals surface area contributed by atoms with E-state index in [9.17, 15) is 9.59 Å². The van der Waals surface area contributed by atoms with Crippen LogP contribution in [0.15, 0.2) is 4.99 Å². The van der Waals surface area contributed by atoms with Crippen molar-refractivity contribution in [3.63, 3.8) is 0 Å². The summed E-state index contributed by atoms with van der Waals surface area (Å²) in [6.45, 7) is 5.42. The van der Waals surface area contributed by atoms with Crippen LogP contribution in [-0.4, -0.2) is 39.6 Å². The van der Waals surface area contributed by atoms with E-state index in [-0.39, 0.29) is 16.6 Å². The lowest BCUT2D eigenvalue weighted by atomic mass is 9.86. The Labute approximate surface area is 155 Å². The summed E-state index contributed by atoms with van der Waals surface area (Å²) in [4.78, 5) is 30.5. The number of aliphatic imine (C=N–C) groups is 1. The predicted molar refractivity (Wildman–Crippen MR) is 102 cm³/mol. The van der Waals surface area contributed by atoms with Crippen LogP contribution in [0.1, 0.15) is 65.2 Å². The SMILES string of the molecule is CC(=O)N1CCC(CC2(C)SC(C[C@H]3CC4CCC3C4)=NC2=O)CC1. The largest absolute Gasteiger partial charge is 0.343 e. The number of thioether (sulfide) groups is 1. The van der Waals surface area contributed by atoms with Gasteiger partial charge in [-0.2, -0.15) is 0 Å². The zero-order valence-corrected chi connectivity index (χ0v) is 16.3. The van der Waals surface area contributed by atoms with Crippen molar-refractivity contribution in [3.8, 4) is 0 Å². The van der Waals surface area contributed by atoms with E-state index in [0.29, 0.717) is 5.92 Å². The second-order valence-electron chi connectivity index (χ2n) is 8.94. The molecule has 25 heavy (non-hydrogen) atoms. The zero-order chi connectivity index (χ0) is 17.6. The van der Waals surface area contributed by atoms with E-state index >= 15 is 0 Å². The molecule has 2 heterocycles. The fourth-order valence-corrected chi connectivity index (χ4v) is 7.03. The minimum absolute atomic E-state index is 0.0876. The Morgan fingerprint density at radius 3 is 2.60 bits per heavy atom. The third-order valence-electron chi connectivity index (χ3n) is 7.08. The first-order valence-electron chi connectivity index (χ1n) is 9.99. The second-order valence-corrected chi connectivity index (χ2v) is 10.5. The van der Waals surface area contributed by atoms with Gasteiger partial charge < -0.3 is 4.90 Å². The summed E-state index contributed by atoms with van der Waals surface area (Å²) in [5.41, 5.74) is 0. The smallest absolute Gasteiger partial charge is 0.262 e. The molecule has 4 atom stereocenters. The van der Waals surface area contributed by atoms with Gasteiger partial charge in [0.2, 0.25) is 5.91 Å². The number of hydrogen-bond acceptors (Lipinski definition) is 3. The molecule has 4 aliphatic rings. The van der Waals surface area contributed by atoms with Crippen LogP contribution in [0.25, 0.3) is 0 Å². The Balaban J connectivity index is 1.31. The normalized spacial score (nSPS) is 38.5. The maximum Gasteiger partial charge on any atom is 0.262 e. The molecule has 138 valence electrons. The van der Waals surface area contributed by atoms with Gasteiger partial charge in [0.05, 0.1) is 5.04 Å². The van der Waals surface area contributed by atoms with Crippen LogP contribution in [-0.2, 0) is 9.59 Å². The van der Waals surface area contributed by atoms with Gasteiger partial charge in [0, 0.05) is 20.0 Å². The van der Waals surface area contributed by atoms with Crippen LogP contribution in [0.5, 0.6) is 0 Å². The van der Waals surface area contributed by atoms with E-state index in [0.717, 1.165) is 61.6 Å². The highest BCUT2D eigenvalue weighted by Gasteiger charge is 2.45. The molecule has 4 rings (SSSR count). The number of amides is 2. The molecule has 0 aromatic heterocycles. The monoisotopic (exact) mass is 362 g/mol. The van der Waals surface area contributed by atoms with E-state index in [1.165, 1.54) is 25.7 Å². The molecule has 2 bridgehead atoms. The Morgan fingerprint density at radius 1 is 1.24 bits per heavy atom. The Morgan fingerprint density at radius 2 is 2.00 bits per heavy atom. The van der Waals surface area contributed by atoms with E-state index in [1.807, 2.05) is 4.90 Å². The number of piperidine rings is 1. The summed E-state index contributed by atoms with van der Waals surface area (Å²) < 4.78 is -0.365. The quantitative estimate of drug-likeness (QED) is 0.762. The molecule has 0 aromatic carbocycles. The van der Waals surface area contributed by atoms with Crippen molar-refractivity contribution in [1.82, 2.24) is 4.90 Å². The molecule has 3 fully saturated rings. The molecule has 2 saturated carbocycles. The lowest BCUT2D eigenvalue weighted by Crippen LogP contribution is -2.39. The van der Waals surface area contributed by atoms with Crippen LogP contribution in [0, 0.1) is 23.7 Å². The minimum Gasteiger partial charge on any atom is -0.343 e. The molecule has 2 aliphatic heterocycles. The van der Waals surface area contributed by atoms with Crippen LogP contribution in [0.4, 0.5) is 0 Å². The third-order valence-corrected chi connectivity index (χ3v) is 8.37. The Kier molecular flexibility index (Phi) is 4.72. The first kappa shape index (κ1) is 17.6. The highest BCUT2D eigenvalue weighted by molar-refractivity contribution is 8.16. The lowest BCUT2D eigenvalue weighted by molar-refractivity contribution is -0.130. The van der Waals surface area contributed by atoms with Gasteiger partial charge in [0.1, 0.15) is 4.75 Å². The van der Waals surface area contributed by atoms with Crippen LogP contribution in [0.2, 0.25) is 0 Å². The highest BCUT2D eigenvalue weighted by Crippen LogP contribution is 2.51. The molecule has 0 radical (unpaired) electrons. The predicted octanol–water partition coefficient (Wildman–Crippen LogP) is 3.89. The van der Waals surface area contributed by atoms with E-state index in [1.54, 1.807) is 18.7 Å². The Bertz CT molecular complexity index is 597. The Hall–Kier alpha value is -0.840. The standard InChI is InChI=1S/C20H30N2O2S/c1-13(23)22-7-5-14(6-8-22)12-20(2)19(24)21-18(25-20)11-17-10-15-3-4-16(17)9-15/h14-17H,3-12H2,1-2H3/t15?,16?,17-,20?/m1/s1. The molecular formula is C20H30N2O2S. The minimum atomic E-state index is -0.365. The van der Waals surface area contributed by atoms with Gasteiger partial charge in [0.15, 0.2) is 0 Å². The molecule has 3 unspecified atom stereocenters. The topological polar surface area (TPSA) is 49.7 Å². The van der Waals surface area contributed by atoms with Gasteiger partial charge in [-0.3, -0.25) is 9.59 Å². The van der Waals surface area contributed by atoms with Gasteiger partial charge in [-0.05, 0) is 75.5 Å². The third kappa shape index (κ3) is 3.54. The number of carbonyl (C=O) groups excluding carboxylic acids is 2. The molecule has 0 N–H and O–H groups in total. The number of likely N-dealkylation sites (tertiary alicyclic amines) is 1. The summed E-state index contributed by atoms with van der Waals surface area (Å²) in [7, 11) is 0. The number of carbonyl (C=O) groups is 2. The maximum absolute atomic E-state index is 12.6. The maximum atomic E-state index is 12.6. The highest BCUT2D eigenvalue weighted by atomic mass is 32.2. The lowest BCUT2D eigenvalue weighted by Gasteiger charge is -2.34. The fourth-order valence-electron chi connectivity index (χ4n) is 5.63. The summed E-state index contributed by atoms with van der Waals surface area (Å²) in [5, 5.41) is 1.10. The van der Waals surface area contributed by atoms with Crippen molar-refractivity contribution < 1.29 is 9.59 Å². The molecule has 2 amide bonds.